The molecule has 1 aromatic heterocycles. The van der Waals surface area contributed by atoms with Gasteiger partial charge in [-0.05, 0) is 24.5 Å². The maximum absolute atomic E-state index is 9.71. The number of hydrogen-bond donors (Lipinski definition) is 0. The number of nitriles is 1. The first-order valence-electron chi connectivity index (χ1n) is 8.59. The fourth-order valence-electron chi connectivity index (χ4n) is 3.27. The molecule has 1 aliphatic rings. The molecule has 1 aliphatic heterocycles. The highest BCUT2D eigenvalue weighted by molar-refractivity contribution is 6.31. The van der Waals surface area contributed by atoms with Crippen LogP contribution in [-0.4, -0.2) is 29.9 Å². The smallest absolute Gasteiger partial charge is 0.169 e. The van der Waals surface area contributed by atoms with Gasteiger partial charge in [-0.15, -0.1) is 5.10 Å². The molecular weight excluding hydrogens is 336 g/mol. The molecule has 0 amide bonds. The molecule has 1 unspecified atom stereocenters. The molecule has 1 aromatic carbocycles. The van der Waals surface area contributed by atoms with Crippen LogP contribution in [0, 0.1) is 11.3 Å². The number of halogens is 1. The van der Waals surface area contributed by atoms with Crippen LogP contribution >= 0.6 is 11.6 Å². The topological polar surface area (TPSA) is 62.0 Å². The number of ether oxygens (including phenoxy) is 1. The van der Waals surface area contributed by atoms with Gasteiger partial charge in [-0.2, -0.15) is 10.4 Å². The summed E-state index contributed by atoms with van der Waals surface area (Å²) in [6, 6.07) is 10.0. The van der Waals surface area contributed by atoms with Crippen LogP contribution in [0.4, 0.5) is 5.82 Å². The summed E-state index contributed by atoms with van der Waals surface area (Å²) in [6.45, 7) is 5.92. The fraction of sp³-hybridized carbons (Fsp3) is 0.421. The first kappa shape index (κ1) is 17.7. The lowest BCUT2D eigenvalue weighted by atomic mass is 10.0. The second-order valence-corrected chi connectivity index (χ2v) is 6.38. The Bertz CT molecular complexity index is 802. The minimum Gasteiger partial charge on any atom is -0.370 e. The third-order valence-electron chi connectivity index (χ3n) is 4.56. The maximum atomic E-state index is 9.71. The molecule has 0 saturated carbocycles. The molecule has 25 heavy (non-hydrogen) atoms. The summed E-state index contributed by atoms with van der Waals surface area (Å²) < 4.78 is 5.91. The third-order valence-corrected chi connectivity index (χ3v) is 4.90. The Morgan fingerprint density at radius 2 is 2.08 bits per heavy atom. The van der Waals surface area contributed by atoms with E-state index in [-0.39, 0.29) is 6.10 Å². The zero-order chi connectivity index (χ0) is 17.8. The van der Waals surface area contributed by atoms with E-state index in [0.717, 1.165) is 29.7 Å². The van der Waals surface area contributed by atoms with E-state index in [4.69, 9.17) is 16.3 Å². The lowest BCUT2D eigenvalue weighted by Gasteiger charge is -2.34. The number of aryl methyl sites for hydroxylation is 1. The van der Waals surface area contributed by atoms with Crippen molar-refractivity contribution in [2.45, 2.75) is 32.8 Å². The van der Waals surface area contributed by atoms with Crippen molar-refractivity contribution in [2.24, 2.45) is 0 Å². The summed E-state index contributed by atoms with van der Waals surface area (Å²) in [5, 5.41) is 19.1. The number of nitrogens with zero attached hydrogens (tertiary/aromatic N) is 4. The van der Waals surface area contributed by atoms with E-state index in [0.29, 0.717) is 36.1 Å². The Morgan fingerprint density at radius 1 is 1.28 bits per heavy atom. The number of hydrogen-bond acceptors (Lipinski definition) is 5. The summed E-state index contributed by atoms with van der Waals surface area (Å²) in [6.07, 6.45) is 1.40. The standard InChI is InChI=1S/C19H21ClN4O/c1-3-13-15(11-21)19(23-22-17(13)4-2)24-9-10-25-18(12-24)14-7-5-6-8-16(14)20/h5-8,18H,3-4,9-10,12H2,1-2H3. The number of aromatic nitrogens is 2. The van der Waals surface area contributed by atoms with Gasteiger partial charge in [-0.3, -0.25) is 0 Å². The monoisotopic (exact) mass is 356 g/mol. The van der Waals surface area contributed by atoms with Gasteiger partial charge in [0.2, 0.25) is 0 Å². The second kappa shape index (κ2) is 7.81. The molecule has 5 nitrogen and oxygen atoms in total. The number of morpholine rings is 1. The molecule has 2 aromatic rings. The van der Waals surface area contributed by atoms with Crippen LogP contribution in [0.25, 0.3) is 0 Å². The highest BCUT2D eigenvalue weighted by atomic mass is 35.5. The van der Waals surface area contributed by atoms with Gasteiger partial charge in [0.1, 0.15) is 17.7 Å². The largest absolute Gasteiger partial charge is 0.370 e. The molecule has 1 atom stereocenters. The van der Waals surface area contributed by atoms with Crippen molar-refractivity contribution < 1.29 is 4.74 Å². The van der Waals surface area contributed by atoms with Crippen molar-refractivity contribution in [3.8, 4) is 6.07 Å². The Balaban J connectivity index is 1.94. The second-order valence-electron chi connectivity index (χ2n) is 5.97. The lowest BCUT2D eigenvalue weighted by Crippen LogP contribution is -2.39. The van der Waals surface area contributed by atoms with Gasteiger partial charge in [0, 0.05) is 17.1 Å². The van der Waals surface area contributed by atoms with E-state index in [9.17, 15) is 5.26 Å². The molecule has 2 heterocycles. The number of benzene rings is 1. The minimum absolute atomic E-state index is 0.147. The highest BCUT2D eigenvalue weighted by Gasteiger charge is 2.27. The first-order chi connectivity index (χ1) is 12.2. The van der Waals surface area contributed by atoms with E-state index >= 15 is 0 Å². The van der Waals surface area contributed by atoms with Gasteiger partial charge in [-0.25, -0.2) is 0 Å². The molecule has 0 bridgehead atoms. The van der Waals surface area contributed by atoms with Crippen molar-refractivity contribution in [1.82, 2.24) is 10.2 Å². The molecular formula is C19H21ClN4O. The number of rotatable bonds is 4. The summed E-state index contributed by atoms with van der Waals surface area (Å²) in [7, 11) is 0. The quantitative estimate of drug-likeness (QED) is 0.835. The van der Waals surface area contributed by atoms with Crippen LogP contribution in [0.5, 0.6) is 0 Å². The summed E-state index contributed by atoms with van der Waals surface area (Å²) in [5.41, 5.74) is 3.49. The van der Waals surface area contributed by atoms with Gasteiger partial charge in [0.05, 0.1) is 18.8 Å². The van der Waals surface area contributed by atoms with Crippen molar-refractivity contribution in [1.29, 1.82) is 5.26 Å². The van der Waals surface area contributed by atoms with Crippen LogP contribution in [0.15, 0.2) is 24.3 Å². The molecule has 0 radical (unpaired) electrons. The predicted molar refractivity (Wildman–Crippen MR) is 97.9 cm³/mol. The van der Waals surface area contributed by atoms with E-state index in [1.165, 1.54) is 0 Å². The molecule has 0 spiro atoms. The van der Waals surface area contributed by atoms with Crippen LogP contribution in [-0.2, 0) is 17.6 Å². The van der Waals surface area contributed by atoms with E-state index < -0.39 is 0 Å². The Hall–Kier alpha value is -2.16. The SMILES string of the molecule is CCc1nnc(N2CCOC(c3ccccc3Cl)C2)c(C#N)c1CC. The molecule has 0 aliphatic carbocycles. The Kier molecular flexibility index (Phi) is 5.52. The zero-order valence-corrected chi connectivity index (χ0v) is 15.3. The van der Waals surface area contributed by atoms with Crippen LogP contribution in [0.1, 0.15) is 42.3 Å². The van der Waals surface area contributed by atoms with Gasteiger partial charge in [0.25, 0.3) is 0 Å². The number of anilines is 1. The van der Waals surface area contributed by atoms with Gasteiger partial charge in [0.15, 0.2) is 5.82 Å². The summed E-state index contributed by atoms with van der Waals surface area (Å²) in [5.74, 6) is 0.650. The first-order valence-corrected chi connectivity index (χ1v) is 8.96. The summed E-state index contributed by atoms with van der Waals surface area (Å²) >= 11 is 6.32. The maximum Gasteiger partial charge on any atom is 0.169 e. The van der Waals surface area contributed by atoms with Crippen LogP contribution in [0.3, 0.4) is 0 Å². The summed E-state index contributed by atoms with van der Waals surface area (Å²) in [4.78, 5) is 2.08. The molecule has 1 saturated heterocycles. The normalized spacial score (nSPS) is 17.4. The van der Waals surface area contributed by atoms with Crippen molar-refractivity contribution in [3.05, 3.63) is 51.7 Å². The Labute approximate surface area is 153 Å². The van der Waals surface area contributed by atoms with E-state index in [1.54, 1.807) is 0 Å². The molecule has 6 heteroatoms. The molecule has 130 valence electrons. The molecule has 0 N–H and O–H groups in total. The molecule has 1 fully saturated rings. The highest BCUT2D eigenvalue weighted by Crippen LogP contribution is 2.31. The lowest BCUT2D eigenvalue weighted by molar-refractivity contribution is 0.0395. The average Bonchev–Trinajstić information content (AvgIpc) is 2.67. The third kappa shape index (κ3) is 3.46. The van der Waals surface area contributed by atoms with Crippen molar-refractivity contribution in [3.63, 3.8) is 0 Å². The van der Waals surface area contributed by atoms with Gasteiger partial charge >= 0.3 is 0 Å². The van der Waals surface area contributed by atoms with E-state index in [1.807, 2.05) is 38.1 Å². The minimum atomic E-state index is -0.147. The molecule has 3 rings (SSSR count). The zero-order valence-electron chi connectivity index (χ0n) is 14.5. The average molecular weight is 357 g/mol. The van der Waals surface area contributed by atoms with Crippen LogP contribution in [0.2, 0.25) is 5.02 Å². The predicted octanol–water partition coefficient (Wildman–Crippen LogP) is 3.70. The fourth-order valence-corrected chi connectivity index (χ4v) is 3.52. The van der Waals surface area contributed by atoms with Crippen molar-refractivity contribution in [2.75, 3.05) is 24.6 Å². The van der Waals surface area contributed by atoms with Crippen molar-refractivity contribution >= 4 is 17.4 Å². The van der Waals surface area contributed by atoms with Gasteiger partial charge in [-0.1, -0.05) is 43.6 Å². The van der Waals surface area contributed by atoms with E-state index in [2.05, 4.69) is 21.2 Å². The van der Waals surface area contributed by atoms with Gasteiger partial charge < -0.3 is 9.64 Å². The van der Waals surface area contributed by atoms with Crippen LogP contribution < -0.4 is 4.90 Å². The Morgan fingerprint density at radius 3 is 2.76 bits per heavy atom.